The zero-order valence-corrected chi connectivity index (χ0v) is 16.7. The van der Waals surface area contributed by atoms with Crippen molar-refractivity contribution >= 4 is 5.97 Å². The molecule has 1 aliphatic carbocycles. The smallest absolute Gasteiger partial charge is 0.304 e. The van der Waals surface area contributed by atoms with Crippen molar-refractivity contribution in [2.45, 2.75) is 58.5 Å². The van der Waals surface area contributed by atoms with Crippen molar-refractivity contribution in [1.82, 2.24) is 4.90 Å². The molecule has 0 radical (unpaired) electrons. The Kier molecular flexibility index (Phi) is 7.54. The third-order valence-electron chi connectivity index (χ3n) is 5.33. The van der Waals surface area contributed by atoms with Crippen LogP contribution in [0.4, 0.5) is 0 Å². The molecule has 1 aliphatic rings. The number of hydrogen-bond donors (Lipinski definition) is 1. The summed E-state index contributed by atoms with van der Waals surface area (Å²) < 4.78 is 11.7. The van der Waals surface area contributed by atoms with Crippen molar-refractivity contribution < 1.29 is 19.1 Å². The first-order chi connectivity index (χ1) is 13.6. The molecular formula is C23H31NO4. The molecule has 0 unspecified atom stereocenters. The van der Waals surface area contributed by atoms with Crippen LogP contribution in [-0.4, -0.2) is 29.1 Å². The summed E-state index contributed by atoms with van der Waals surface area (Å²) in [6.07, 6.45) is 6.64. The van der Waals surface area contributed by atoms with Crippen LogP contribution in [0.5, 0.6) is 5.75 Å². The van der Waals surface area contributed by atoms with Gasteiger partial charge in [0.25, 0.3) is 0 Å². The molecule has 2 aromatic rings. The average molecular weight is 386 g/mol. The molecule has 5 nitrogen and oxygen atoms in total. The number of aliphatic carboxylic acids is 1. The minimum absolute atomic E-state index is 0.109. The molecule has 0 aliphatic heterocycles. The summed E-state index contributed by atoms with van der Waals surface area (Å²) in [5.74, 6) is 2.51. The van der Waals surface area contributed by atoms with Gasteiger partial charge in [-0.2, -0.15) is 0 Å². The van der Waals surface area contributed by atoms with Gasteiger partial charge in [-0.05, 0) is 55.5 Å². The molecule has 1 fully saturated rings. The monoisotopic (exact) mass is 385 g/mol. The van der Waals surface area contributed by atoms with Crippen molar-refractivity contribution in [2.75, 3.05) is 13.2 Å². The fraction of sp³-hybridized carbons (Fsp3) is 0.522. The van der Waals surface area contributed by atoms with E-state index in [2.05, 4.69) is 17.0 Å². The number of aryl methyl sites for hydroxylation is 1. The summed E-state index contributed by atoms with van der Waals surface area (Å²) in [4.78, 5) is 13.1. The van der Waals surface area contributed by atoms with Crippen molar-refractivity contribution in [2.24, 2.45) is 5.92 Å². The third-order valence-corrected chi connectivity index (χ3v) is 5.33. The number of carboxylic acid groups (broad SMARTS) is 1. The first-order valence-corrected chi connectivity index (χ1v) is 10.3. The van der Waals surface area contributed by atoms with Gasteiger partial charge >= 0.3 is 5.97 Å². The van der Waals surface area contributed by atoms with Gasteiger partial charge in [0.2, 0.25) is 0 Å². The fourth-order valence-corrected chi connectivity index (χ4v) is 3.82. The average Bonchev–Trinajstić information content (AvgIpc) is 3.10. The SMILES string of the molecule is Cc1ccc(CN(CCC(=O)O)Cc2cccc(OCC3CCCCC3)c2)o1. The van der Waals surface area contributed by atoms with Gasteiger partial charge in [-0.25, -0.2) is 0 Å². The molecule has 0 spiro atoms. The number of carbonyl (C=O) groups is 1. The van der Waals surface area contributed by atoms with Crippen LogP contribution in [0.3, 0.4) is 0 Å². The summed E-state index contributed by atoms with van der Waals surface area (Å²) in [5.41, 5.74) is 1.12. The lowest BCUT2D eigenvalue weighted by atomic mass is 9.90. The van der Waals surface area contributed by atoms with Gasteiger partial charge in [0.1, 0.15) is 17.3 Å². The lowest BCUT2D eigenvalue weighted by Gasteiger charge is -2.23. The van der Waals surface area contributed by atoms with Crippen molar-refractivity contribution in [3.05, 3.63) is 53.5 Å². The number of ether oxygens (including phenoxy) is 1. The van der Waals surface area contributed by atoms with Crippen LogP contribution >= 0.6 is 0 Å². The van der Waals surface area contributed by atoms with Crippen LogP contribution in [0.25, 0.3) is 0 Å². The van der Waals surface area contributed by atoms with Crippen LogP contribution in [0.1, 0.15) is 55.6 Å². The van der Waals surface area contributed by atoms with E-state index in [1.807, 2.05) is 31.2 Å². The van der Waals surface area contributed by atoms with Gasteiger partial charge in [0.05, 0.1) is 19.6 Å². The van der Waals surface area contributed by atoms with E-state index in [4.69, 9.17) is 14.3 Å². The van der Waals surface area contributed by atoms with Gasteiger partial charge in [0, 0.05) is 13.1 Å². The first kappa shape index (κ1) is 20.5. The number of carboxylic acids is 1. The van der Waals surface area contributed by atoms with E-state index in [0.717, 1.165) is 29.4 Å². The molecule has 1 heterocycles. The molecule has 0 atom stereocenters. The summed E-state index contributed by atoms with van der Waals surface area (Å²) in [7, 11) is 0. The number of hydrogen-bond acceptors (Lipinski definition) is 4. The molecule has 0 amide bonds. The Balaban J connectivity index is 1.59. The molecule has 1 aromatic carbocycles. The van der Waals surface area contributed by atoms with Crippen LogP contribution in [0.2, 0.25) is 0 Å². The predicted molar refractivity (Wildman–Crippen MR) is 108 cm³/mol. The van der Waals surface area contributed by atoms with E-state index in [0.29, 0.717) is 25.6 Å². The second-order valence-electron chi connectivity index (χ2n) is 7.83. The molecule has 0 bridgehead atoms. The highest BCUT2D eigenvalue weighted by Gasteiger charge is 2.15. The van der Waals surface area contributed by atoms with Gasteiger partial charge in [-0.3, -0.25) is 9.69 Å². The van der Waals surface area contributed by atoms with Crippen molar-refractivity contribution in [3.63, 3.8) is 0 Å². The van der Waals surface area contributed by atoms with E-state index in [-0.39, 0.29) is 6.42 Å². The number of furan rings is 1. The summed E-state index contributed by atoms with van der Waals surface area (Å²) in [6, 6.07) is 12.0. The fourth-order valence-electron chi connectivity index (χ4n) is 3.82. The third kappa shape index (κ3) is 6.71. The number of benzene rings is 1. The largest absolute Gasteiger partial charge is 0.493 e. The van der Waals surface area contributed by atoms with Gasteiger partial charge < -0.3 is 14.3 Å². The van der Waals surface area contributed by atoms with E-state index in [1.54, 1.807) is 0 Å². The van der Waals surface area contributed by atoms with Crippen molar-refractivity contribution in [1.29, 1.82) is 0 Å². The number of rotatable bonds is 10. The maximum absolute atomic E-state index is 11.0. The van der Waals surface area contributed by atoms with E-state index in [9.17, 15) is 4.79 Å². The molecule has 3 rings (SSSR count). The molecular weight excluding hydrogens is 354 g/mol. The Morgan fingerprint density at radius 2 is 2.00 bits per heavy atom. The Morgan fingerprint density at radius 1 is 1.18 bits per heavy atom. The van der Waals surface area contributed by atoms with E-state index in [1.165, 1.54) is 32.1 Å². The first-order valence-electron chi connectivity index (χ1n) is 10.3. The highest BCUT2D eigenvalue weighted by atomic mass is 16.5. The lowest BCUT2D eigenvalue weighted by molar-refractivity contribution is -0.137. The van der Waals surface area contributed by atoms with Gasteiger partial charge in [-0.1, -0.05) is 31.4 Å². The lowest BCUT2D eigenvalue weighted by Crippen LogP contribution is -2.25. The molecule has 1 aromatic heterocycles. The molecule has 1 saturated carbocycles. The molecule has 5 heteroatoms. The Labute approximate surface area is 167 Å². The molecule has 1 N–H and O–H groups in total. The zero-order chi connectivity index (χ0) is 19.8. The van der Waals surface area contributed by atoms with Crippen LogP contribution < -0.4 is 4.74 Å². The maximum atomic E-state index is 11.0. The Bertz CT molecular complexity index is 749. The van der Waals surface area contributed by atoms with Crippen LogP contribution in [0, 0.1) is 12.8 Å². The van der Waals surface area contributed by atoms with E-state index < -0.39 is 5.97 Å². The molecule has 0 saturated heterocycles. The minimum atomic E-state index is -0.787. The zero-order valence-electron chi connectivity index (χ0n) is 16.7. The summed E-state index contributed by atoms with van der Waals surface area (Å²) in [6.45, 7) is 4.43. The summed E-state index contributed by atoms with van der Waals surface area (Å²) in [5, 5.41) is 9.07. The van der Waals surface area contributed by atoms with Crippen LogP contribution in [0.15, 0.2) is 40.8 Å². The Morgan fingerprint density at radius 3 is 2.71 bits per heavy atom. The normalized spacial score (nSPS) is 15.1. The highest BCUT2D eigenvalue weighted by Crippen LogP contribution is 2.25. The quantitative estimate of drug-likeness (QED) is 0.622. The van der Waals surface area contributed by atoms with E-state index >= 15 is 0 Å². The standard InChI is InChI=1S/C23H31NO4/c1-18-10-11-22(28-18)16-24(13-12-23(25)26)15-20-8-5-9-21(14-20)27-17-19-6-3-2-4-7-19/h5,8-11,14,19H,2-4,6-7,12-13,15-17H2,1H3,(H,25,26). The Hall–Kier alpha value is -2.27. The van der Waals surface area contributed by atoms with Crippen molar-refractivity contribution in [3.8, 4) is 5.75 Å². The van der Waals surface area contributed by atoms with Gasteiger partial charge in [-0.15, -0.1) is 0 Å². The van der Waals surface area contributed by atoms with Crippen LogP contribution in [-0.2, 0) is 17.9 Å². The second kappa shape index (κ2) is 10.3. The number of nitrogens with zero attached hydrogens (tertiary/aromatic N) is 1. The topological polar surface area (TPSA) is 62.9 Å². The molecule has 152 valence electrons. The maximum Gasteiger partial charge on any atom is 0.304 e. The highest BCUT2D eigenvalue weighted by molar-refractivity contribution is 5.66. The minimum Gasteiger partial charge on any atom is -0.493 e. The second-order valence-corrected chi connectivity index (χ2v) is 7.83. The van der Waals surface area contributed by atoms with Gasteiger partial charge in [0.15, 0.2) is 0 Å². The predicted octanol–water partition coefficient (Wildman–Crippen LogP) is 5.02. The molecule has 28 heavy (non-hydrogen) atoms. The summed E-state index contributed by atoms with van der Waals surface area (Å²) >= 11 is 0.